The van der Waals surface area contributed by atoms with Crippen LogP contribution < -0.4 is 5.48 Å². The van der Waals surface area contributed by atoms with Gasteiger partial charge in [-0.05, 0) is 39.2 Å². The maximum Gasteiger partial charge on any atom is 0.410 e. The topological polar surface area (TPSA) is 50.8 Å². The van der Waals surface area contributed by atoms with Crippen molar-refractivity contribution in [3.05, 3.63) is 35.9 Å². The summed E-state index contributed by atoms with van der Waals surface area (Å²) in [5.74, 6) is 0. The van der Waals surface area contributed by atoms with Gasteiger partial charge >= 0.3 is 6.09 Å². The number of amides is 1. The fraction of sp³-hybridized carbons (Fsp3) is 0.588. The number of likely N-dealkylation sites (tertiary alicyclic amines) is 1. The first-order valence-corrected chi connectivity index (χ1v) is 7.84. The van der Waals surface area contributed by atoms with Crippen molar-refractivity contribution in [2.45, 2.75) is 51.9 Å². The Labute approximate surface area is 132 Å². The summed E-state index contributed by atoms with van der Waals surface area (Å²) in [6.45, 7) is 7.54. The minimum atomic E-state index is -0.457. The lowest BCUT2D eigenvalue weighted by molar-refractivity contribution is 0.00187. The second kappa shape index (κ2) is 7.61. The molecule has 122 valence electrons. The first kappa shape index (κ1) is 16.8. The van der Waals surface area contributed by atoms with Crippen molar-refractivity contribution in [1.29, 1.82) is 0 Å². The molecule has 0 radical (unpaired) electrons. The van der Waals surface area contributed by atoms with Crippen LogP contribution in [0, 0.1) is 0 Å². The number of benzene rings is 1. The molecule has 1 amide bonds. The van der Waals surface area contributed by atoms with Crippen LogP contribution >= 0.6 is 0 Å². The van der Waals surface area contributed by atoms with Crippen LogP contribution in [-0.4, -0.2) is 35.7 Å². The van der Waals surface area contributed by atoms with E-state index >= 15 is 0 Å². The number of hydrogen-bond donors (Lipinski definition) is 1. The zero-order chi connectivity index (χ0) is 16.0. The highest BCUT2D eigenvalue weighted by Crippen LogP contribution is 2.20. The molecular formula is C17H26N2O3. The summed E-state index contributed by atoms with van der Waals surface area (Å²) < 4.78 is 5.45. The molecule has 1 heterocycles. The number of carbonyl (C=O) groups excluding carboxylic acids is 1. The smallest absolute Gasteiger partial charge is 0.410 e. The monoisotopic (exact) mass is 306 g/mol. The van der Waals surface area contributed by atoms with Crippen LogP contribution in [-0.2, 0) is 16.2 Å². The predicted octanol–water partition coefficient (Wildman–Crippen LogP) is 3.11. The van der Waals surface area contributed by atoms with Gasteiger partial charge in [0.1, 0.15) is 5.60 Å². The molecule has 1 unspecified atom stereocenters. The van der Waals surface area contributed by atoms with E-state index in [4.69, 9.17) is 9.57 Å². The quantitative estimate of drug-likeness (QED) is 0.671. The minimum absolute atomic E-state index is 0.130. The van der Waals surface area contributed by atoms with Gasteiger partial charge in [0, 0.05) is 19.1 Å². The van der Waals surface area contributed by atoms with Crippen LogP contribution in [0.25, 0.3) is 0 Å². The van der Waals surface area contributed by atoms with E-state index in [0.717, 1.165) is 24.9 Å². The molecule has 0 saturated carbocycles. The predicted molar refractivity (Wildman–Crippen MR) is 85.2 cm³/mol. The van der Waals surface area contributed by atoms with Gasteiger partial charge in [-0.1, -0.05) is 30.3 Å². The average Bonchev–Trinajstić information content (AvgIpc) is 2.91. The van der Waals surface area contributed by atoms with E-state index in [1.807, 2.05) is 51.1 Å². The summed E-state index contributed by atoms with van der Waals surface area (Å²) in [6.07, 6.45) is 1.74. The van der Waals surface area contributed by atoms with Crippen molar-refractivity contribution in [2.24, 2.45) is 0 Å². The Bertz CT molecular complexity index is 471. The standard InChI is InChI=1S/C17H26N2O3/c1-17(2,3)22-16(20)19-11-7-10-15(19)12-18-21-13-14-8-5-4-6-9-14/h4-6,8-9,15,18H,7,10-13H2,1-3H3. The summed E-state index contributed by atoms with van der Waals surface area (Å²) in [7, 11) is 0. The Kier molecular flexibility index (Phi) is 5.80. The summed E-state index contributed by atoms with van der Waals surface area (Å²) >= 11 is 0. The van der Waals surface area contributed by atoms with Gasteiger partial charge in [-0.3, -0.25) is 4.84 Å². The molecule has 5 nitrogen and oxygen atoms in total. The van der Waals surface area contributed by atoms with Crippen molar-refractivity contribution >= 4 is 6.09 Å². The van der Waals surface area contributed by atoms with E-state index in [9.17, 15) is 4.79 Å². The van der Waals surface area contributed by atoms with Crippen molar-refractivity contribution in [3.8, 4) is 0 Å². The van der Waals surface area contributed by atoms with E-state index in [1.165, 1.54) is 0 Å². The Morgan fingerprint density at radius 3 is 2.73 bits per heavy atom. The van der Waals surface area contributed by atoms with Gasteiger partial charge in [0.05, 0.1) is 6.61 Å². The van der Waals surface area contributed by atoms with Crippen LogP contribution in [0.2, 0.25) is 0 Å². The molecule has 0 spiro atoms. The highest BCUT2D eigenvalue weighted by Gasteiger charge is 2.31. The normalized spacial score (nSPS) is 18.5. The molecule has 0 bridgehead atoms. The highest BCUT2D eigenvalue weighted by molar-refractivity contribution is 5.69. The van der Waals surface area contributed by atoms with Gasteiger partial charge in [0.25, 0.3) is 0 Å². The second-order valence-electron chi connectivity index (χ2n) is 6.59. The maximum atomic E-state index is 12.2. The van der Waals surface area contributed by atoms with Crippen LogP contribution in [0.1, 0.15) is 39.2 Å². The van der Waals surface area contributed by atoms with Gasteiger partial charge in [-0.25, -0.2) is 10.3 Å². The molecule has 1 aromatic rings. The molecule has 22 heavy (non-hydrogen) atoms. The van der Waals surface area contributed by atoms with Gasteiger partial charge in [0.15, 0.2) is 0 Å². The number of carbonyl (C=O) groups is 1. The lowest BCUT2D eigenvalue weighted by atomic mass is 10.2. The van der Waals surface area contributed by atoms with E-state index in [2.05, 4.69) is 5.48 Å². The molecule has 0 aliphatic carbocycles. The average molecular weight is 306 g/mol. The van der Waals surface area contributed by atoms with Gasteiger partial charge in [-0.15, -0.1) is 0 Å². The second-order valence-corrected chi connectivity index (χ2v) is 6.59. The van der Waals surface area contributed by atoms with Crippen molar-refractivity contribution in [3.63, 3.8) is 0 Å². The Morgan fingerprint density at radius 2 is 2.05 bits per heavy atom. The van der Waals surface area contributed by atoms with Crippen LogP contribution in [0.3, 0.4) is 0 Å². The van der Waals surface area contributed by atoms with E-state index in [1.54, 1.807) is 4.90 Å². The Balaban J connectivity index is 1.73. The Morgan fingerprint density at radius 1 is 1.32 bits per heavy atom. The number of hydrogen-bond acceptors (Lipinski definition) is 4. The largest absolute Gasteiger partial charge is 0.444 e. The van der Waals surface area contributed by atoms with Crippen LogP contribution in [0.4, 0.5) is 4.79 Å². The fourth-order valence-corrected chi connectivity index (χ4v) is 2.47. The lowest BCUT2D eigenvalue weighted by Gasteiger charge is -2.28. The summed E-state index contributed by atoms with van der Waals surface area (Å²) in [5, 5.41) is 0. The summed E-state index contributed by atoms with van der Waals surface area (Å²) in [5.41, 5.74) is 3.63. The molecule has 1 N–H and O–H groups in total. The van der Waals surface area contributed by atoms with Gasteiger partial charge < -0.3 is 9.64 Å². The van der Waals surface area contributed by atoms with Crippen molar-refractivity contribution in [2.75, 3.05) is 13.1 Å². The SMILES string of the molecule is CC(C)(C)OC(=O)N1CCCC1CNOCc1ccccc1. The maximum absolute atomic E-state index is 12.2. The third-order valence-corrected chi connectivity index (χ3v) is 3.51. The van der Waals surface area contributed by atoms with Crippen molar-refractivity contribution < 1.29 is 14.4 Å². The molecule has 1 saturated heterocycles. The summed E-state index contributed by atoms with van der Waals surface area (Å²) in [4.78, 5) is 19.4. The molecular weight excluding hydrogens is 280 g/mol. The Hall–Kier alpha value is -1.59. The number of nitrogens with one attached hydrogen (secondary N) is 1. The summed E-state index contributed by atoms with van der Waals surface area (Å²) in [6, 6.07) is 10.1. The lowest BCUT2D eigenvalue weighted by Crippen LogP contribution is -2.44. The molecule has 1 atom stereocenters. The highest BCUT2D eigenvalue weighted by atomic mass is 16.6. The van der Waals surface area contributed by atoms with Crippen LogP contribution in [0.15, 0.2) is 30.3 Å². The molecule has 0 aromatic heterocycles. The zero-order valence-electron chi connectivity index (χ0n) is 13.7. The first-order chi connectivity index (χ1) is 10.5. The van der Waals surface area contributed by atoms with Crippen molar-refractivity contribution in [1.82, 2.24) is 10.4 Å². The van der Waals surface area contributed by atoms with Crippen LogP contribution in [0.5, 0.6) is 0 Å². The molecule has 5 heteroatoms. The number of ether oxygens (including phenoxy) is 1. The molecule has 1 aliphatic heterocycles. The molecule has 2 rings (SSSR count). The van der Waals surface area contributed by atoms with Gasteiger partial charge in [0.2, 0.25) is 0 Å². The van der Waals surface area contributed by atoms with E-state index in [0.29, 0.717) is 13.2 Å². The molecule has 1 aromatic carbocycles. The first-order valence-electron chi connectivity index (χ1n) is 7.84. The third kappa shape index (κ3) is 5.31. The molecule has 1 aliphatic rings. The zero-order valence-corrected chi connectivity index (χ0v) is 13.7. The molecule has 1 fully saturated rings. The number of hydroxylamine groups is 1. The number of nitrogens with zero attached hydrogens (tertiary/aromatic N) is 1. The number of rotatable bonds is 5. The third-order valence-electron chi connectivity index (χ3n) is 3.51. The minimum Gasteiger partial charge on any atom is -0.444 e. The van der Waals surface area contributed by atoms with E-state index < -0.39 is 5.60 Å². The van der Waals surface area contributed by atoms with Gasteiger partial charge in [-0.2, -0.15) is 0 Å². The fourth-order valence-electron chi connectivity index (χ4n) is 2.47. The van der Waals surface area contributed by atoms with E-state index in [-0.39, 0.29) is 12.1 Å².